The highest BCUT2D eigenvalue weighted by Gasteiger charge is 2.48. The van der Waals surface area contributed by atoms with Crippen molar-refractivity contribution in [2.75, 3.05) is 7.05 Å². The third kappa shape index (κ3) is 2.90. The number of carbonyl (C=O) groups is 2. The second kappa shape index (κ2) is 7.06. The molecule has 2 N–H and O–H groups in total. The standard InChI is InChI=1S/C20H13N3O8/c1-21-20-16(23(29)30)14(12-8-9(22(27)28)6-7-13(12)31-20)15-17(24)10-4-2-3-5-11(10)18(25)19(15)26/h2-8,14,21,24H,1H3. The summed E-state index contributed by atoms with van der Waals surface area (Å²) >= 11 is 0. The molecule has 1 unspecified atom stereocenters. The van der Waals surface area contributed by atoms with Gasteiger partial charge in [-0.15, -0.1) is 0 Å². The van der Waals surface area contributed by atoms with E-state index in [0.717, 1.165) is 12.1 Å². The Kier molecular flexibility index (Phi) is 4.50. The van der Waals surface area contributed by atoms with E-state index in [4.69, 9.17) is 4.74 Å². The number of nitro groups is 2. The van der Waals surface area contributed by atoms with Crippen LogP contribution in [0.4, 0.5) is 5.69 Å². The molecule has 1 atom stereocenters. The molecule has 2 aromatic rings. The van der Waals surface area contributed by atoms with E-state index < -0.39 is 50.0 Å². The lowest BCUT2D eigenvalue weighted by atomic mass is 9.77. The second-order valence-electron chi connectivity index (χ2n) is 6.70. The predicted molar refractivity (Wildman–Crippen MR) is 105 cm³/mol. The molecule has 11 nitrogen and oxygen atoms in total. The molecule has 0 fully saturated rings. The van der Waals surface area contributed by atoms with Gasteiger partial charge in [0.2, 0.25) is 11.6 Å². The minimum atomic E-state index is -1.59. The highest BCUT2D eigenvalue weighted by atomic mass is 16.6. The van der Waals surface area contributed by atoms with Crippen molar-refractivity contribution in [1.29, 1.82) is 0 Å². The Hall–Kier alpha value is -4.54. The molecule has 1 heterocycles. The van der Waals surface area contributed by atoms with Crippen molar-refractivity contribution in [2.24, 2.45) is 0 Å². The molecular weight excluding hydrogens is 410 g/mol. The Bertz CT molecular complexity index is 1260. The molecule has 2 aliphatic rings. The summed E-state index contributed by atoms with van der Waals surface area (Å²) in [5.74, 6) is -4.61. The van der Waals surface area contributed by atoms with Crippen LogP contribution in [0.5, 0.6) is 5.75 Å². The number of non-ortho nitro benzene ring substituents is 1. The Balaban J connectivity index is 2.08. The maximum Gasteiger partial charge on any atom is 0.317 e. The number of ether oxygens (including phenoxy) is 1. The minimum Gasteiger partial charge on any atom is -0.507 e. The Morgan fingerprint density at radius 1 is 1.00 bits per heavy atom. The average Bonchev–Trinajstić information content (AvgIpc) is 2.76. The van der Waals surface area contributed by atoms with E-state index in [2.05, 4.69) is 5.32 Å². The lowest BCUT2D eigenvalue weighted by Gasteiger charge is -2.28. The third-order valence-corrected chi connectivity index (χ3v) is 5.08. The van der Waals surface area contributed by atoms with E-state index in [1.807, 2.05) is 0 Å². The van der Waals surface area contributed by atoms with Crippen molar-refractivity contribution in [3.8, 4) is 5.75 Å². The number of benzene rings is 2. The van der Waals surface area contributed by atoms with Crippen LogP contribution < -0.4 is 10.1 Å². The predicted octanol–water partition coefficient (Wildman–Crippen LogP) is 2.47. The van der Waals surface area contributed by atoms with Crippen LogP contribution in [-0.2, 0) is 4.79 Å². The zero-order valence-electron chi connectivity index (χ0n) is 15.8. The zero-order valence-corrected chi connectivity index (χ0v) is 15.8. The number of aliphatic hydroxyl groups excluding tert-OH is 1. The number of ketones is 2. The highest BCUT2D eigenvalue weighted by Crippen LogP contribution is 2.47. The fourth-order valence-corrected chi connectivity index (χ4v) is 3.72. The number of carbonyl (C=O) groups excluding carboxylic acids is 2. The van der Waals surface area contributed by atoms with Crippen molar-refractivity contribution >= 4 is 23.0 Å². The van der Waals surface area contributed by atoms with E-state index >= 15 is 0 Å². The summed E-state index contributed by atoms with van der Waals surface area (Å²) in [4.78, 5) is 47.4. The van der Waals surface area contributed by atoms with E-state index in [-0.39, 0.29) is 28.3 Å². The fraction of sp³-hybridized carbons (Fsp3) is 0.100. The van der Waals surface area contributed by atoms with Crippen molar-refractivity contribution in [2.45, 2.75) is 5.92 Å². The molecule has 0 spiro atoms. The third-order valence-electron chi connectivity index (χ3n) is 5.08. The van der Waals surface area contributed by atoms with Crippen molar-refractivity contribution in [3.05, 3.63) is 96.5 Å². The molecule has 1 aliphatic heterocycles. The van der Waals surface area contributed by atoms with Gasteiger partial charge in [0.05, 0.1) is 15.4 Å². The Labute approximate surface area is 173 Å². The first kappa shape index (κ1) is 19.8. The van der Waals surface area contributed by atoms with Gasteiger partial charge in [0, 0.05) is 35.9 Å². The van der Waals surface area contributed by atoms with Crippen LogP contribution in [0.15, 0.2) is 59.6 Å². The summed E-state index contributed by atoms with van der Waals surface area (Å²) < 4.78 is 5.48. The maximum absolute atomic E-state index is 13.0. The highest BCUT2D eigenvalue weighted by molar-refractivity contribution is 6.52. The van der Waals surface area contributed by atoms with Crippen LogP contribution in [0.2, 0.25) is 0 Å². The quantitative estimate of drug-likeness (QED) is 0.427. The number of nitrogens with zero attached hydrogens (tertiary/aromatic N) is 2. The van der Waals surface area contributed by atoms with Gasteiger partial charge in [-0.2, -0.15) is 0 Å². The molecule has 0 amide bonds. The van der Waals surface area contributed by atoms with E-state index in [9.17, 15) is 34.9 Å². The van der Waals surface area contributed by atoms with Crippen molar-refractivity contribution in [1.82, 2.24) is 5.32 Å². The molecule has 4 rings (SSSR count). The maximum atomic E-state index is 13.0. The molecule has 0 saturated heterocycles. The monoisotopic (exact) mass is 423 g/mol. The SMILES string of the molecule is CNC1=C([N+](=O)[O-])C(C2=C(O)c3ccccc3C(=O)C2=O)c2cc([N+](=O)[O-])ccc2O1. The number of rotatable bonds is 4. The molecule has 0 aromatic heterocycles. The number of allylic oxidation sites excluding steroid dienone is 1. The zero-order chi connectivity index (χ0) is 22.4. The van der Waals surface area contributed by atoms with E-state index in [1.165, 1.54) is 37.4 Å². The summed E-state index contributed by atoms with van der Waals surface area (Å²) in [7, 11) is 1.35. The second-order valence-corrected chi connectivity index (χ2v) is 6.70. The summed E-state index contributed by atoms with van der Waals surface area (Å²) in [5.41, 5.74) is -1.72. The van der Waals surface area contributed by atoms with E-state index in [1.54, 1.807) is 0 Å². The van der Waals surface area contributed by atoms with Crippen LogP contribution in [0.25, 0.3) is 5.76 Å². The number of hydrogen-bond donors (Lipinski definition) is 2. The van der Waals surface area contributed by atoms with Gasteiger partial charge in [0.25, 0.3) is 11.6 Å². The first-order valence-electron chi connectivity index (χ1n) is 8.90. The number of hydrogen-bond acceptors (Lipinski definition) is 9. The summed E-state index contributed by atoms with van der Waals surface area (Å²) in [5, 5.41) is 36.6. The molecule has 156 valence electrons. The van der Waals surface area contributed by atoms with Gasteiger partial charge in [-0.3, -0.25) is 29.8 Å². The van der Waals surface area contributed by atoms with Gasteiger partial charge in [-0.25, -0.2) is 0 Å². The van der Waals surface area contributed by atoms with Crippen LogP contribution in [0.1, 0.15) is 27.4 Å². The lowest BCUT2D eigenvalue weighted by Crippen LogP contribution is -2.33. The summed E-state index contributed by atoms with van der Waals surface area (Å²) in [6.07, 6.45) is 0. The van der Waals surface area contributed by atoms with Gasteiger partial charge in [-0.05, 0) is 6.07 Å². The summed E-state index contributed by atoms with van der Waals surface area (Å²) in [6, 6.07) is 9.19. The molecule has 0 saturated carbocycles. The van der Waals surface area contributed by atoms with Gasteiger partial charge in [0.15, 0.2) is 0 Å². The summed E-state index contributed by atoms with van der Waals surface area (Å²) in [6.45, 7) is 0. The number of aliphatic hydroxyl groups is 1. The molecule has 31 heavy (non-hydrogen) atoms. The van der Waals surface area contributed by atoms with Crippen LogP contribution in [0.3, 0.4) is 0 Å². The number of nitrogens with one attached hydrogen (secondary N) is 1. The van der Waals surface area contributed by atoms with Crippen molar-refractivity contribution in [3.63, 3.8) is 0 Å². The number of nitro benzene ring substituents is 1. The van der Waals surface area contributed by atoms with Crippen LogP contribution in [-0.4, -0.2) is 33.6 Å². The number of Topliss-reactive ketones (excluding diaryl/α,β-unsaturated/α-hetero) is 2. The molecule has 1 aliphatic carbocycles. The van der Waals surface area contributed by atoms with E-state index in [0.29, 0.717) is 0 Å². The molecular formula is C20H13N3O8. The minimum absolute atomic E-state index is 0.00459. The first-order chi connectivity index (χ1) is 14.8. The molecule has 11 heteroatoms. The molecule has 2 aromatic carbocycles. The fourth-order valence-electron chi connectivity index (χ4n) is 3.72. The largest absolute Gasteiger partial charge is 0.507 e. The van der Waals surface area contributed by atoms with Gasteiger partial charge < -0.3 is 15.2 Å². The van der Waals surface area contributed by atoms with Crippen LogP contribution in [0, 0.1) is 20.2 Å². The smallest absolute Gasteiger partial charge is 0.317 e. The Morgan fingerprint density at radius 3 is 2.29 bits per heavy atom. The number of fused-ring (bicyclic) bond motifs is 2. The van der Waals surface area contributed by atoms with Crippen LogP contribution >= 0.6 is 0 Å². The Morgan fingerprint density at radius 2 is 1.68 bits per heavy atom. The normalized spacial score (nSPS) is 17.6. The van der Waals surface area contributed by atoms with Gasteiger partial charge >= 0.3 is 5.70 Å². The van der Waals surface area contributed by atoms with Gasteiger partial charge in [-0.1, -0.05) is 24.3 Å². The first-order valence-corrected chi connectivity index (χ1v) is 8.90. The average molecular weight is 423 g/mol. The molecule has 0 radical (unpaired) electrons. The molecule has 0 bridgehead atoms. The lowest BCUT2D eigenvalue weighted by molar-refractivity contribution is -0.433. The van der Waals surface area contributed by atoms with Crippen molar-refractivity contribution < 1.29 is 29.3 Å². The van der Waals surface area contributed by atoms with Gasteiger partial charge in [0.1, 0.15) is 17.4 Å². The topological polar surface area (TPSA) is 162 Å².